The van der Waals surface area contributed by atoms with Crippen LogP contribution in [0.1, 0.15) is 18.9 Å². The summed E-state index contributed by atoms with van der Waals surface area (Å²) in [7, 11) is 0. The van der Waals surface area contributed by atoms with E-state index in [1.54, 1.807) is 0 Å². The van der Waals surface area contributed by atoms with Crippen molar-refractivity contribution in [3.05, 3.63) is 35.9 Å². The number of nitrogens with two attached hydrogens (primary N) is 1. The summed E-state index contributed by atoms with van der Waals surface area (Å²) in [5.41, 5.74) is 6.71. The maximum atomic E-state index is 11.4. The molecule has 0 aromatic heterocycles. The lowest BCUT2D eigenvalue weighted by molar-refractivity contribution is -0.121. The molecule has 0 radical (unpaired) electrons. The molecule has 16 heavy (non-hydrogen) atoms. The highest BCUT2D eigenvalue weighted by Gasteiger charge is 2.06. The maximum Gasteiger partial charge on any atom is 0.220 e. The molecule has 0 aliphatic heterocycles. The number of benzene rings is 1. The van der Waals surface area contributed by atoms with E-state index in [4.69, 9.17) is 5.73 Å². The molecule has 1 aromatic carbocycles. The van der Waals surface area contributed by atoms with Gasteiger partial charge in [-0.25, -0.2) is 0 Å². The largest absolute Gasteiger partial charge is 0.356 e. The van der Waals surface area contributed by atoms with Crippen molar-refractivity contribution < 1.29 is 4.79 Å². The van der Waals surface area contributed by atoms with Gasteiger partial charge in [0.05, 0.1) is 0 Å². The molecule has 88 valence electrons. The summed E-state index contributed by atoms with van der Waals surface area (Å²) in [6, 6.07) is 10.1. The van der Waals surface area contributed by atoms with Gasteiger partial charge in [-0.1, -0.05) is 37.3 Å². The minimum Gasteiger partial charge on any atom is -0.356 e. The second kappa shape index (κ2) is 7.01. The molecular weight excluding hydrogens is 200 g/mol. The van der Waals surface area contributed by atoms with E-state index in [1.807, 2.05) is 25.1 Å². The van der Waals surface area contributed by atoms with Crippen molar-refractivity contribution in [1.82, 2.24) is 5.32 Å². The van der Waals surface area contributed by atoms with Crippen molar-refractivity contribution in [2.75, 3.05) is 13.1 Å². The van der Waals surface area contributed by atoms with Gasteiger partial charge in [0.25, 0.3) is 0 Å². The molecule has 0 aliphatic rings. The van der Waals surface area contributed by atoms with Crippen LogP contribution in [0.2, 0.25) is 0 Å². The minimum absolute atomic E-state index is 0.0916. The van der Waals surface area contributed by atoms with Gasteiger partial charge in [-0.3, -0.25) is 4.79 Å². The van der Waals surface area contributed by atoms with Crippen LogP contribution >= 0.6 is 0 Å². The van der Waals surface area contributed by atoms with Gasteiger partial charge in [0.1, 0.15) is 0 Å². The van der Waals surface area contributed by atoms with E-state index in [0.29, 0.717) is 19.5 Å². The molecule has 0 saturated heterocycles. The number of carbonyl (C=O) groups is 1. The van der Waals surface area contributed by atoms with Gasteiger partial charge in [0, 0.05) is 13.0 Å². The smallest absolute Gasteiger partial charge is 0.220 e. The Hall–Kier alpha value is -1.35. The van der Waals surface area contributed by atoms with Crippen molar-refractivity contribution in [3.63, 3.8) is 0 Å². The van der Waals surface area contributed by atoms with Crippen molar-refractivity contribution in [2.24, 2.45) is 11.7 Å². The van der Waals surface area contributed by atoms with Gasteiger partial charge in [0.2, 0.25) is 5.91 Å². The number of rotatable bonds is 6. The highest BCUT2D eigenvalue weighted by atomic mass is 16.1. The van der Waals surface area contributed by atoms with Crippen LogP contribution < -0.4 is 11.1 Å². The first kappa shape index (κ1) is 12.7. The molecule has 0 aliphatic carbocycles. The fourth-order valence-electron chi connectivity index (χ4n) is 1.46. The molecule has 0 bridgehead atoms. The lowest BCUT2D eigenvalue weighted by atomic mass is 10.1. The van der Waals surface area contributed by atoms with Gasteiger partial charge >= 0.3 is 0 Å². The summed E-state index contributed by atoms with van der Waals surface area (Å²) in [5, 5.41) is 2.90. The first-order valence-corrected chi connectivity index (χ1v) is 5.73. The number of carbonyl (C=O) groups excluding carboxylic acids is 1. The van der Waals surface area contributed by atoms with E-state index in [9.17, 15) is 4.79 Å². The van der Waals surface area contributed by atoms with Crippen molar-refractivity contribution in [2.45, 2.75) is 19.8 Å². The Morgan fingerprint density at radius 1 is 1.38 bits per heavy atom. The molecular formula is C13H20N2O. The van der Waals surface area contributed by atoms with E-state index in [1.165, 1.54) is 5.56 Å². The Morgan fingerprint density at radius 2 is 2.06 bits per heavy atom. The fraction of sp³-hybridized carbons (Fsp3) is 0.462. The van der Waals surface area contributed by atoms with Crippen molar-refractivity contribution >= 4 is 5.91 Å². The summed E-state index contributed by atoms with van der Waals surface area (Å²) in [5.74, 6) is 0.352. The van der Waals surface area contributed by atoms with Gasteiger partial charge < -0.3 is 11.1 Å². The zero-order valence-electron chi connectivity index (χ0n) is 9.78. The summed E-state index contributed by atoms with van der Waals surface area (Å²) >= 11 is 0. The summed E-state index contributed by atoms with van der Waals surface area (Å²) in [6.45, 7) is 3.24. The molecule has 1 amide bonds. The standard InChI is InChI=1S/C13H20N2O/c1-11(10-14)9-13(16)15-8-7-12-5-3-2-4-6-12/h2-6,11H,7-10,14H2,1H3,(H,15,16). The van der Waals surface area contributed by atoms with Gasteiger partial charge in [-0.2, -0.15) is 0 Å². The second-order valence-corrected chi connectivity index (χ2v) is 4.13. The zero-order chi connectivity index (χ0) is 11.8. The molecule has 1 unspecified atom stereocenters. The van der Waals surface area contributed by atoms with Crippen LogP contribution in [0.15, 0.2) is 30.3 Å². The third-order valence-electron chi connectivity index (χ3n) is 2.51. The third-order valence-corrected chi connectivity index (χ3v) is 2.51. The number of hydrogen-bond acceptors (Lipinski definition) is 2. The highest BCUT2D eigenvalue weighted by molar-refractivity contribution is 5.76. The van der Waals surface area contributed by atoms with Crippen molar-refractivity contribution in [3.8, 4) is 0 Å². The van der Waals surface area contributed by atoms with E-state index in [0.717, 1.165) is 6.42 Å². The van der Waals surface area contributed by atoms with E-state index in [2.05, 4.69) is 17.4 Å². The lowest BCUT2D eigenvalue weighted by Gasteiger charge is -2.09. The van der Waals surface area contributed by atoms with E-state index < -0.39 is 0 Å². The molecule has 3 nitrogen and oxygen atoms in total. The Kier molecular flexibility index (Phi) is 5.57. The topological polar surface area (TPSA) is 55.1 Å². The molecule has 0 saturated carbocycles. The molecule has 1 rings (SSSR count). The molecule has 1 atom stereocenters. The third kappa shape index (κ3) is 4.94. The number of amides is 1. The van der Waals surface area contributed by atoms with E-state index in [-0.39, 0.29) is 11.8 Å². The van der Waals surface area contributed by atoms with Crippen LogP contribution in [-0.2, 0) is 11.2 Å². The molecule has 0 spiro atoms. The number of hydrogen-bond donors (Lipinski definition) is 2. The Bertz CT molecular complexity index is 311. The normalized spacial score (nSPS) is 12.1. The Morgan fingerprint density at radius 3 is 2.69 bits per heavy atom. The molecule has 3 N–H and O–H groups in total. The highest BCUT2D eigenvalue weighted by Crippen LogP contribution is 2.00. The van der Waals surface area contributed by atoms with Crippen LogP contribution in [0.5, 0.6) is 0 Å². The van der Waals surface area contributed by atoms with Gasteiger partial charge in [-0.05, 0) is 24.4 Å². The van der Waals surface area contributed by atoms with Crippen LogP contribution in [0, 0.1) is 5.92 Å². The Balaban J connectivity index is 2.18. The van der Waals surface area contributed by atoms with Crippen LogP contribution in [0.4, 0.5) is 0 Å². The minimum atomic E-state index is 0.0916. The monoisotopic (exact) mass is 220 g/mol. The summed E-state index contributed by atoms with van der Waals surface area (Å²) in [6.07, 6.45) is 1.40. The molecule has 0 heterocycles. The predicted molar refractivity (Wildman–Crippen MR) is 66.0 cm³/mol. The first-order chi connectivity index (χ1) is 7.72. The average molecular weight is 220 g/mol. The Labute approximate surface area is 97.0 Å². The van der Waals surface area contributed by atoms with Crippen LogP contribution in [0.3, 0.4) is 0 Å². The predicted octanol–water partition coefficient (Wildman–Crippen LogP) is 1.33. The number of nitrogens with one attached hydrogen (secondary N) is 1. The lowest BCUT2D eigenvalue weighted by Crippen LogP contribution is -2.28. The van der Waals surface area contributed by atoms with E-state index >= 15 is 0 Å². The van der Waals surface area contributed by atoms with Crippen LogP contribution in [0.25, 0.3) is 0 Å². The molecule has 0 fully saturated rings. The fourth-order valence-corrected chi connectivity index (χ4v) is 1.46. The van der Waals surface area contributed by atoms with Crippen molar-refractivity contribution in [1.29, 1.82) is 0 Å². The van der Waals surface area contributed by atoms with Crippen LogP contribution in [-0.4, -0.2) is 19.0 Å². The first-order valence-electron chi connectivity index (χ1n) is 5.73. The molecule has 1 aromatic rings. The van der Waals surface area contributed by atoms with Gasteiger partial charge in [-0.15, -0.1) is 0 Å². The molecule has 3 heteroatoms. The zero-order valence-corrected chi connectivity index (χ0v) is 9.78. The quantitative estimate of drug-likeness (QED) is 0.760. The summed E-state index contributed by atoms with van der Waals surface area (Å²) < 4.78 is 0. The summed E-state index contributed by atoms with van der Waals surface area (Å²) in [4.78, 5) is 11.4. The van der Waals surface area contributed by atoms with Gasteiger partial charge in [0.15, 0.2) is 0 Å². The average Bonchev–Trinajstić information content (AvgIpc) is 2.30. The second-order valence-electron chi connectivity index (χ2n) is 4.13. The maximum absolute atomic E-state index is 11.4. The SMILES string of the molecule is CC(CN)CC(=O)NCCc1ccccc1.